The zero-order chi connectivity index (χ0) is 27.8. The van der Waals surface area contributed by atoms with Gasteiger partial charge in [0, 0.05) is 12.4 Å². The lowest BCUT2D eigenvalue weighted by atomic mass is 9.97. The standard InChI is InChI=1S/C32H27N3O5/c1-4-38-26-17-22(11-12-24(26)39-18-21-9-6-5-7-10-21)28-27-29(36)23-15-19(2)20(3)16-25(23)40-30(27)31(37)35(28)32-33-13-8-14-34-32/h5-17,28H,4,18H2,1-3H3. The van der Waals surface area contributed by atoms with Crippen LogP contribution in [0.2, 0.25) is 0 Å². The summed E-state index contributed by atoms with van der Waals surface area (Å²) in [7, 11) is 0. The second-order valence-electron chi connectivity index (χ2n) is 9.65. The molecular formula is C32H27N3O5. The Kier molecular flexibility index (Phi) is 6.51. The summed E-state index contributed by atoms with van der Waals surface area (Å²) in [5.74, 6) is 0.731. The number of carbonyl (C=O) groups excluding carboxylic acids is 1. The first-order valence-corrected chi connectivity index (χ1v) is 13.1. The molecule has 0 aliphatic carbocycles. The van der Waals surface area contributed by atoms with E-state index in [1.807, 2.05) is 63.2 Å². The van der Waals surface area contributed by atoms with Gasteiger partial charge < -0.3 is 13.9 Å². The van der Waals surface area contributed by atoms with Crippen molar-refractivity contribution in [3.63, 3.8) is 0 Å². The average molecular weight is 534 g/mol. The highest BCUT2D eigenvalue weighted by atomic mass is 16.5. The van der Waals surface area contributed by atoms with Crippen molar-refractivity contribution in [1.82, 2.24) is 9.97 Å². The highest BCUT2D eigenvalue weighted by molar-refractivity contribution is 6.09. The molecule has 8 nitrogen and oxygen atoms in total. The molecule has 1 unspecified atom stereocenters. The Bertz CT molecular complexity index is 1780. The highest BCUT2D eigenvalue weighted by Crippen LogP contribution is 2.42. The Morgan fingerprint density at radius 2 is 1.62 bits per heavy atom. The van der Waals surface area contributed by atoms with Gasteiger partial charge in [-0.05, 0) is 73.4 Å². The highest BCUT2D eigenvalue weighted by Gasteiger charge is 2.45. The second-order valence-corrected chi connectivity index (χ2v) is 9.65. The first-order chi connectivity index (χ1) is 19.5. The summed E-state index contributed by atoms with van der Waals surface area (Å²) in [6.45, 7) is 6.53. The van der Waals surface area contributed by atoms with E-state index in [1.54, 1.807) is 36.7 Å². The first-order valence-electron chi connectivity index (χ1n) is 13.1. The van der Waals surface area contributed by atoms with Crippen LogP contribution in [0.3, 0.4) is 0 Å². The molecule has 2 aromatic heterocycles. The van der Waals surface area contributed by atoms with E-state index in [4.69, 9.17) is 13.9 Å². The van der Waals surface area contributed by atoms with Crippen LogP contribution in [-0.4, -0.2) is 22.5 Å². The van der Waals surface area contributed by atoms with E-state index in [-0.39, 0.29) is 22.7 Å². The van der Waals surface area contributed by atoms with Crippen molar-refractivity contribution in [2.24, 2.45) is 0 Å². The zero-order valence-corrected chi connectivity index (χ0v) is 22.4. The quantitative estimate of drug-likeness (QED) is 0.256. The lowest BCUT2D eigenvalue weighted by Gasteiger charge is -2.24. The molecule has 200 valence electrons. The van der Waals surface area contributed by atoms with Crippen molar-refractivity contribution < 1.29 is 18.7 Å². The summed E-state index contributed by atoms with van der Waals surface area (Å²) in [4.78, 5) is 37.9. The van der Waals surface area contributed by atoms with Crippen molar-refractivity contribution in [3.05, 3.63) is 123 Å². The van der Waals surface area contributed by atoms with Crippen molar-refractivity contribution in [2.75, 3.05) is 11.5 Å². The summed E-state index contributed by atoms with van der Waals surface area (Å²) >= 11 is 0. The van der Waals surface area contributed by atoms with E-state index in [2.05, 4.69) is 9.97 Å². The second kappa shape index (κ2) is 10.3. The predicted molar refractivity (Wildman–Crippen MR) is 151 cm³/mol. The van der Waals surface area contributed by atoms with Crippen LogP contribution in [-0.2, 0) is 6.61 Å². The van der Waals surface area contributed by atoms with Crippen molar-refractivity contribution >= 4 is 22.8 Å². The van der Waals surface area contributed by atoms with Gasteiger partial charge in [-0.25, -0.2) is 9.97 Å². The number of aryl methyl sites for hydroxylation is 2. The molecule has 6 rings (SSSR count). The Morgan fingerprint density at radius 3 is 2.38 bits per heavy atom. The molecule has 0 saturated heterocycles. The van der Waals surface area contributed by atoms with Crippen molar-refractivity contribution in [2.45, 2.75) is 33.4 Å². The molecule has 0 fully saturated rings. The van der Waals surface area contributed by atoms with Crippen LogP contribution < -0.4 is 19.8 Å². The minimum Gasteiger partial charge on any atom is -0.490 e. The maximum Gasteiger partial charge on any atom is 0.297 e. The summed E-state index contributed by atoms with van der Waals surface area (Å²) in [5.41, 5.74) is 3.94. The van der Waals surface area contributed by atoms with Gasteiger partial charge in [-0.3, -0.25) is 14.5 Å². The smallest absolute Gasteiger partial charge is 0.297 e. The maximum atomic E-state index is 14.0. The molecule has 3 heterocycles. The van der Waals surface area contributed by atoms with Gasteiger partial charge in [-0.2, -0.15) is 0 Å². The molecule has 0 bridgehead atoms. The van der Waals surface area contributed by atoms with Crippen LogP contribution in [0.25, 0.3) is 11.0 Å². The largest absolute Gasteiger partial charge is 0.490 e. The van der Waals surface area contributed by atoms with E-state index < -0.39 is 11.9 Å². The van der Waals surface area contributed by atoms with Crippen LogP contribution in [0, 0.1) is 13.8 Å². The van der Waals surface area contributed by atoms with Gasteiger partial charge in [0.15, 0.2) is 16.9 Å². The van der Waals surface area contributed by atoms with Gasteiger partial charge in [0.1, 0.15) is 12.2 Å². The van der Waals surface area contributed by atoms with Crippen LogP contribution in [0.15, 0.2) is 88.3 Å². The van der Waals surface area contributed by atoms with E-state index in [1.165, 1.54) is 4.90 Å². The van der Waals surface area contributed by atoms with E-state index in [0.717, 1.165) is 16.7 Å². The fraction of sp³-hybridized carbons (Fsp3) is 0.188. The average Bonchev–Trinajstić information content (AvgIpc) is 3.27. The molecule has 3 aromatic carbocycles. The number of anilines is 1. The fourth-order valence-corrected chi connectivity index (χ4v) is 4.98. The number of hydrogen-bond donors (Lipinski definition) is 0. The Morgan fingerprint density at radius 1 is 0.875 bits per heavy atom. The molecule has 1 aliphatic rings. The van der Waals surface area contributed by atoms with Gasteiger partial charge >= 0.3 is 0 Å². The van der Waals surface area contributed by atoms with Gasteiger partial charge in [0.25, 0.3) is 5.91 Å². The third kappa shape index (κ3) is 4.37. The number of hydrogen-bond acceptors (Lipinski definition) is 7. The summed E-state index contributed by atoms with van der Waals surface area (Å²) < 4.78 is 18.2. The molecule has 40 heavy (non-hydrogen) atoms. The SMILES string of the molecule is CCOc1cc(C2c3c(oc4cc(C)c(C)cc4c3=O)C(=O)N2c2ncccn2)ccc1OCc1ccccc1. The summed E-state index contributed by atoms with van der Waals surface area (Å²) in [6, 6.07) is 19.7. The molecule has 5 aromatic rings. The van der Waals surface area contributed by atoms with Gasteiger partial charge in [-0.15, -0.1) is 0 Å². The number of ether oxygens (including phenoxy) is 2. The third-order valence-corrected chi connectivity index (χ3v) is 7.07. The van der Waals surface area contributed by atoms with E-state index in [0.29, 0.717) is 41.2 Å². The third-order valence-electron chi connectivity index (χ3n) is 7.07. The van der Waals surface area contributed by atoms with Crippen LogP contribution in [0.5, 0.6) is 11.5 Å². The van der Waals surface area contributed by atoms with Crippen LogP contribution in [0.1, 0.15) is 51.3 Å². The Balaban J connectivity index is 1.51. The number of rotatable bonds is 7. The van der Waals surface area contributed by atoms with Crippen molar-refractivity contribution in [3.8, 4) is 11.5 Å². The summed E-state index contributed by atoms with van der Waals surface area (Å²) in [5, 5.41) is 0.420. The molecular weight excluding hydrogens is 506 g/mol. The predicted octanol–water partition coefficient (Wildman–Crippen LogP) is 5.93. The lowest BCUT2D eigenvalue weighted by molar-refractivity contribution is 0.0969. The topological polar surface area (TPSA) is 94.8 Å². The van der Waals surface area contributed by atoms with Gasteiger partial charge in [0.2, 0.25) is 11.7 Å². The Labute approximate surface area is 230 Å². The molecule has 0 radical (unpaired) electrons. The van der Waals surface area contributed by atoms with Crippen molar-refractivity contribution in [1.29, 1.82) is 0 Å². The number of nitrogens with zero attached hydrogens (tertiary/aromatic N) is 3. The van der Waals surface area contributed by atoms with E-state index in [9.17, 15) is 9.59 Å². The number of amides is 1. The molecule has 1 atom stereocenters. The minimum atomic E-state index is -0.825. The van der Waals surface area contributed by atoms with E-state index >= 15 is 0 Å². The van der Waals surface area contributed by atoms with Gasteiger partial charge in [-0.1, -0.05) is 36.4 Å². The molecule has 0 N–H and O–H groups in total. The zero-order valence-electron chi connectivity index (χ0n) is 22.4. The maximum absolute atomic E-state index is 14.0. The number of aromatic nitrogens is 2. The minimum absolute atomic E-state index is 0.0134. The number of fused-ring (bicyclic) bond motifs is 2. The molecule has 0 spiro atoms. The van der Waals surface area contributed by atoms with Crippen LogP contribution >= 0.6 is 0 Å². The number of benzene rings is 3. The summed E-state index contributed by atoms with van der Waals surface area (Å²) in [6.07, 6.45) is 3.11. The molecule has 1 amide bonds. The Hall–Kier alpha value is -4.98. The van der Waals surface area contributed by atoms with Crippen LogP contribution in [0.4, 0.5) is 5.95 Å². The monoisotopic (exact) mass is 533 g/mol. The normalized spacial score (nSPS) is 14.4. The molecule has 1 aliphatic heterocycles. The molecule has 8 heteroatoms. The van der Waals surface area contributed by atoms with Gasteiger partial charge in [0.05, 0.1) is 23.6 Å². The lowest BCUT2D eigenvalue weighted by Crippen LogP contribution is -2.31. The first kappa shape index (κ1) is 25.3. The fourth-order valence-electron chi connectivity index (χ4n) is 4.98. The molecule has 0 saturated carbocycles. The number of carbonyl (C=O) groups is 1.